The molecule has 0 aliphatic carbocycles. The third-order valence-electron chi connectivity index (χ3n) is 6.44. The number of thiocarbonyl (C=S) groups is 1. The molecule has 0 amide bonds. The van der Waals surface area contributed by atoms with Crippen LogP contribution in [0.4, 0.5) is 13.9 Å². The Bertz CT molecular complexity index is 1290. The number of aromatic nitrogens is 1. The quantitative estimate of drug-likeness (QED) is 0.296. The fraction of sp³-hybridized carbons (Fsp3) is 0.214. The maximum absolute atomic E-state index is 13.6. The lowest BCUT2D eigenvalue weighted by molar-refractivity contribution is 0.151. The number of hydrogen-bond donors (Lipinski definition) is 1. The van der Waals surface area contributed by atoms with Gasteiger partial charge < -0.3 is 15.0 Å². The van der Waals surface area contributed by atoms with Crippen LogP contribution < -0.4 is 10.1 Å². The Morgan fingerprint density at radius 3 is 2.00 bits per heavy atom. The molecule has 5 nitrogen and oxygen atoms in total. The minimum atomic E-state index is -0.278. The van der Waals surface area contributed by atoms with Gasteiger partial charge in [0.15, 0.2) is 10.2 Å². The smallest absolute Gasteiger partial charge is 0.189 e. The van der Waals surface area contributed by atoms with Crippen molar-refractivity contribution < 1.29 is 13.5 Å². The molecule has 1 aromatic heterocycles. The van der Waals surface area contributed by atoms with Crippen LogP contribution in [0.3, 0.4) is 0 Å². The van der Waals surface area contributed by atoms with Gasteiger partial charge in [0, 0.05) is 37.1 Å². The average molecular weight is 537 g/mol. The molecule has 0 atom stereocenters. The molecule has 9 heteroatoms. The minimum Gasteiger partial charge on any atom is -0.497 e. The molecule has 0 saturated carbocycles. The van der Waals surface area contributed by atoms with Gasteiger partial charge in [-0.2, -0.15) is 0 Å². The first kappa shape index (κ1) is 25.3. The van der Waals surface area contributed by atoms with E-state index in [1.165, 1.54) is 35.6 Å². The third-order valence-corrected chi connectivity index (χ3v) is 7.56. The van der Waals surface area contributed by atoms with Gasteiger partial charge in [-0.1, -0.05) is 24.3 Å². The number of methoxy groups -OCH3 is 1. The normalized spacial score (nSPS) is 14.1. The Balaban J connectivity index is 1.24. The number of benzene rings is 3. The molecule has 190 valence electrons. The van der Waals surface area contributed by atoms with Gasteiger partial charge in [-0.25, -0.2) is 13.8 Å². The van der Waals surface area contributed by atoms with Crippen LogP contribution in [0, 0.1) is 11.6 Å². The summed E-state index contributed by atoms with van der Waals surface area (Å²) in [6.07, 6.45) is 0. The highest BCUT2D eigenvalue weighted by molar-refractivity contribution is 7.80. The summed E-state index contributed by atoms with van der Waals surface area (Å²) in [4.78, 5) is 9.14. The summed E-state index contributed by atoms with van der Waals surface area (Å²) >= 11 is 7.21. The van der Waals surface area contributed by atoms with Crippen LogP contribution in [-0.2, 0) is 0 Å². The van der Waals surface area contributed by atoms with Crippen LogP contribution in [0.15, 0.2) is 78.2 Å². The summed E-state index contributed by atoms with van der Waals surface area (Å²) in [6.45, 7) is 2.94. The van der Waals surface area contributed by atoms with Gasteiger partial charge in [0.25, 0.3) is 0 Å². The van der Waals surface area contributed by atoms with E-state index < -0.39 is 0 Å². The number of halogens is 2. The predicted molar refractivity (Wildman–Crippen MR) is 148 cm³/mol. The van der Waals surface area contributed by atoms with Crippen molar-refractivity contribution in [2.24, 2.45) is 0 Å². The number of hydrogen-bond acceptors (Lipinski definition) is 5. The second-order valence-electron chi connectivity index (χ2n) is 8.73. The molecule has 1 saturated heterocycles. The van der Waals surface area contributed by atoms with E-state index in [0.29, 0.717) is 5.11 Å². The van der Waals surface area contributed by atoms with Crippen molar-refractivity contribution in [1.29, 1.82) is 0 Å². The van der Waals surface area contributed by atoms with E-state index in [1.54, 1.807) is 31.4 Å². The summed E-state index contributed by atoms with van der Waals surface area (Å²) in [5.41, 5.74) is 3.83. The molecule has 3 aromatic carbocycles. The molecule has 0 radical (unpaired) electrons. The number of piperazine rings is 1. The van der Waals surface area contributed by atoms with E-state index in [-0.39, 0.29) is 17.7 Å². The Morgan fingerprint density at radius 2 is 1.46 bits per heavy atom. The Labute approximate surface area is 224 Å². The van der Waals surface area contributed by atoms with Crippen molar-refractivity contribution in [2.75, 3.05) is 38.6 Å². The third kappa shape index (κ3) is 5.95. The van der Waals surface area contributed by atoms with E-state index >= 15 is 0 Å². The molecular formula is C28H26F2N4OS2. The van der Waals surface area contributed by atoms with E-state index in [1.807, 2.05) is 29.6 Å². The summed E-state index contributed by atoms with van der Waals surface area (Å²) in [5.74, 6) is 0.249. The lowest BCUT2D eigenvalue weighted by atomic mass is 9.96. The first-order valence-corrected chi connectivity index (χ1v) is 13.2. The number of nitrogens with one attached hydrogen (secondary N) is 1. The molecule has 1 fully saturated rings. The van der Waals surface area contributed by atoms with Crippen molar-refractivity contribution in [3.63, 3.8) is 0 Å². The molecule has 2 heterocycles. The second-order valence-corrected chi connectivity index (χ2v) is 9.97. The van der Waals surface area contributed by atoms with Gasteiger partial charge in [-0.3, -0.25) is 4.90 Å². The maximum Gasteiger partial charge on any atom is 0.189 e. The SMILES string of the molecule is COc1ccc(-c2csc(NC(=S)N3CCN(C(c4ccc(F)cc4)c4ccc(F)cc4)CC3)n2)cc1. The lowest BCUT2D eigenvalue weighted by Gasteiger charge is -2.40. The van der Waals surface area contributed by atoms with Gasteiger partial charge in [0.05, 0.1) is 18.8 Å². The summed E-state index contributed by atoms with van der Waals surface area (Å²) < 4.78 is 32.4. The Morgan fingerprint density at radius 1 is 0.892 bits per heavy atom. The lowest BCUT2D eigenvalue weighted by Crippen LogP contribution is -2.51. The van der Waals surface area contributed by atoms with Gasteiger partial charge in [-0.15, -0.1) is 11.3 Å². The standard InChI is InChI=1S/C28H26F2N4OS2/c1-35-24-12-6-19(7-13-24)25-18-37-27(31-25)32-28(36)34-16-14-33(15-17-34)26(20-2-8-22(29)9-3-20)21-4-10-23(30)11-5-21/h2-13,18,26H,14-17H2,1H3,(H,31,32,36). The van der Waals surface area contributed by atoms with Gasteiger partial charge in [0.1, 0.15) is 17.4 Å². The summed E-state index contributed by atoms with van der Waals surface area (Å²) in [6, 6.07) is 20.7. The molecular weight excluding hydrogens is 510 g/mol. The van der Waals surface area contributed by atoms with Crippen LogP contribution >= 0.6 is 23.6 Å². The van der Waals surface area contributed by atoms with E-state index in [0.717, 1.165) is 59.4 Å². The van der Waals surface area contributed by atoms with Crippen LogP contribution in [-0.4, -0.2) is 53.2 Å². The predicted octanol–water partition coefficient (Wildman–Crippen LogP) is 6.20. The molecule has 0 bridgehead atoms. The van der Waals surface area contributed by atoms with Gasteiger partial charge in [0.2, 0.25) is 0 Å². The molecule has 1 aliphatic heterocycles. The van der Waals surface area contributed by atoms with Crippen LogP contribution in [0.2, 0.25) is 0 Å². The van der Waals surface area contributed by atoms with E-state index in [2.05, 4.69) is 20.1 Å². The van der Waals surface area contributed by atoms with Crippen molar-refractivity contribution >= 4 is 33.8 Å². The first-order valence-electron chi connectivity index (χ1n) is 11.9. The highest BCUT2D eigenvalue weighted by Gasteiger charge is 2.27. The number of nitrogens with zero attached hydrogens (tertiary/aromatic N) is 3. The molecule has 4 aromatic rings. The minimum absolute atomic E-state index is 0.101. The van der Waals surface area contributed by atoms with Crippen molar-refractivity contribution in [1.82, 2.24) is 14.8 Å². The highest BCUT2D eigenvalue weighted by Crippen LogP contribution is 2.31. The zero-order chi connectivity index (χ0) is 25.8. The number of ether oxygens (including phenoxy) is 1. The topological polar surface area (TPSA) is 40.6 Å². The molecule has 0 unspecified atom stereocenters. The summed E-state index contributed by atoms with van der Waals surface area (Å²) in [7, 11) is 1.65. The zero-order valence-electron chi connectivity index (χ0n) is 20.2. The van der Waals surface area contributed by atoms with E-state index in [4.69, 9.17) is 17.0 Å². The van der Waals surface area contributed by atoms with Crippen molar-refractivity contribution in [3.8, 4) is 17.0 Å². The number of rotatable bonds is 6. The first-order chi connectivity index (χ1) is 18.0. The van der Waals surface area contributed by atoms with E-state index in [9.17, 15) is 8.78 Å². The van der Waals surface area contributed by atoms with Crippen molar-refractivity contribution in [3.05, 3.63) is 101 Å². The van der Waals surface area contributed by atoms with Crippen LogP contribution in [0.5, 0.6) is 5.75 Å². The second kappa shape index (κ2) is 11.3. The van der Waals surface area contributed by atoms with Gasteiger partial charge in [-0.05, 0) is 71.9 Å². The Hall–Kier alpha value is -3.40. The fourth-order valence-corrected chi connectivity index (χ4v) is 5.55. The monoisotopic (exact) mass is 536 g/mol. The van der Waals surface area contributed by atoms with Crippen molar-refractivity contribution in [2.45, 2.75) is 6.04 Å². The largest absolute Gasteiger partial charge is 0.497 e. The molecule has 1 aliphatic rings. The average Bonchev–Trinajstić information content (AvgIpc) is 3.40. The zero-order valence-corrected chi connectivity index (χ0v) is 21.9. The highest BCUT2D eigenvalue weighted by atomic mass is 32.1. The number of anilines is 1. The maximum atomic E-state index is 13.6. The molecule has 37 heavy (non-hydrogen) atoms. The molecule has 1 N–H and O–H groups in total. The Kier molecular flexibility index (Phi) is 7.73. The summed E-state index contributed by atoms with van der Waals surface area (Å²) in [5, 5.41) is 6.66. The molecule has 0 spiro atoms. The van der Waals surface area contributed by atoms with Crippen LogP contribution in [0.1, 0.15) is 17.2 Å². The van der Waals surface area contributed by atoms with Crippen LogP contribution in [0.25, 0.3) is 11.3 Å². The van der Waals surface area contributed by atoms with Gasteiger partial charge >= 0.3 is 0 Å². The fourth-order valence-electron chi connectivity index (χ4n) is 4.48. The number of thiazole rings is 1. The molecule has 5 rings (SSSR count).